The lowest BCUT2D eigenvalue weighted by molar-refractivity contribution is 0.0597. The Morgan fingerprint density at radius 2 is 1.88 bits per heavy atom. The van der Waals surface area contributed by atoms with Crippen LogP contribution in [-0.2, 0) is 13.0 Å². The standard InChI is InChI=1S/C17H24N6O2/c1-21(2)13-15-19-20-16(25-15)17(24)23-11-9-22(10-12-23)8-5-14-3-6-18-7-4-14/h3-4,6-7H,5,8-13H2,1-2H3. The molecule has 1 saturated heterocycles. The molecule has 2 aromatic rings. The van der Waals surface area contributed by atoms with E-state index in [0.717, 1.165) is 26.1 Å². The van der Waals surface area contributed by atoms with E-state index in [0.29, 0.717) is 25.5 Å². The Bertz CT molecular complexity index is 679. The summed E-state index contributed by atoms with van der Waals surface area (Å²) in [5.74, 6) is 0.373. The molecule has 0 spiro atoms. The Hall–Kier alpha value is -2.32. The van der Waals surface area contributed by atoms with Crippen molar-refractivity contribution in [1.29, 1.82) is 0 Å². The minimum atomic E-state index is -0.175. The van der Waals surface area contributed by atoms with E-state index in [-0.39, 0.29) is 11.8 Å². The molecule has 1 amide bonds. The van der Waals surface area contributed by atoms with Crippen LogP contribution in [0.3, 0.4) is 0 Å². The number of piperazine rings is 1. The van der Waals surface area contributed by atoms with Gasteiger partial charge in [-0.15, -0.1) is 10.2 Å². The molecule has 0 bridgehead atoms. The first kappa shape index (κ1) is 17.5. The monoisotopic (exact) mass is 344 g/mol. The van der Waals surface area contributed by atoms with Gasteiger partial charge in [-0.2, -0.15) is 0 Å². The summed E-state index contributed by atoms with van der Waals surface area (Å²) in [5, 5.41) is 7.81. The molecule has 0 atom stereocenters. The number of amides is 1. The van der Waals surface area contributed by atoms with Crippen LogP contribution in [0.5, 0.6) is 0 Å². The van der Waals surface area contributed by atoms with E-state index in [1.807, 2.05) is 43.5 Å². The number of hydrogen-bond acceptors (Lipinski definition) is 7. The Morgan fingerprint density at radius 3 is 2.56 bits per heavy atom. The number of aromatic nitrogens is 3. The molecule has 1 fully saturated rings. The third-order valence-electron chi connectivity index (χ3n) is 4.23. The highest BCUT2D eigenvalue weighted by molar-refractivity contribution is 5.89. The normalized spacial score (nSPS) is 15.7. The maximum atomic E-state index is 12.5. The third kappa shape index (κ3) is 4.83. The fraction of sp³-hybridized carbons (Fsp3) is 0.529. The fourth-order valence-corrected chi connectivity index (χ4v) is 2.82. The molecule has 25 heavy (non-hydrogen) atoms. The summed E-state index contributed by atoms with van der Waals surface area (Å²) < 4.78 is 5.47. The van der Waals surface area contributed by atoms with Crippen LogP contribution >= 0.6 is 0 Å². The van der Waals surface area contributed by atoms with E-state index in [2.05, 4.69) is 20.1 Å². The zero-order chi connectivity index (χ0) is 17.6. The second kappa shape index (κ2) is 8.17. The van der Waals surface area contributed by atoms with Gasteiger partial charge in [0.2, 0.25) is 5.89 Å². The molecule has 3 heterocycles. The molecule has 0 N–H and O–H groups in total. The van der Waals surface area contributed by atoms with Gasteiger partial charge in [0.25, 0.3) is 0 Å². The fourth-order valence-electron chi connectivity index (χ4n) is 2.82. The first-order valence-corrected chi connectivity index (χ1v) is 8.49. The highest BCUT2D eigenvalue weighted by atomic mass is 16.4. The summed E-state index contributed by atoms with van der Waals surface area (Å²) >= 11 is 0. The van der Waals surface area contributed by atoms with E-state index in [1.54, 1.807) is 4.90 Å². The van der Waals surface area contributed by atoms with E-state index in [1.165, 1.54) is 5.56 Å². The molecule has 0 unspecified atom stereocenters. The average Bonchev–Trinajstić information content (AvgIpc) is 3.08. The number of carbonyl (C=O) groups is 1. The quantitative estimate of drug-likeness (QED) is 0.756. The second-order valence-corrected chi connectivity index (χ2v) is 6.48. The van der Waals surface area contributed by atoms with E-state index >= 15 is 0 Å². The smallest absolute Gasteiger partial charge is 0.311 e. The molecule has 0 aliphatic carbocycles. The Labute approximate surface area is 147 Å². The van der Waals surface area contributed by atoms with Crippen LogP contribution in [0.25, 0.3) is 0 Å². The zero-order valence-corrected chi connectivity index (χ0v) is 14.8. The van der Waals surface area contributed by atoms with Crippen molar-refractivity contribution < 1.29 is 9.21 Å². The van der Waals surface area contributed by atoms with Crippen LogP contribution in [0.15, 0.2) is 28.9 Å². The van der Waals surface area contributed by atoms with Gasteiger partial charge in [0.1, 0.15) is 0 Å². The van der Waals surface area contributed by atoms with Crippen LogP contribution in [-0.4, -0.2) is 82.6 Å². The number of hydrogen-bond donors (Lipinski definition) is 0. The highest BCUT2D eigenvalue weighted by Gasteiger charge is 2.26. The van der Waals surface area contributed by atoms with Crippen molar-refractivity contribution in [3.8, 4) is 0 Å². The predicted octanol–water partition coefficient (Wildman–Crippen LogP) is 0.527. The van der Waals surface area contributed by atoms with Crippen molar-refractivity contribution in [3.63, 3.8) is 0 Å². The van der Waals surface area contributed by atoms with Gasteiger partial charge in [-0.1, -0.05) is 0 Å². The maximum Gasteiger partial charge on any atom is 0.311 e. The highest BCUT2D eigenvalue weighted by Crippen LogP contribution is 2.10. The lowest BCUT2D eigenvalue weighted by atomic mass is 10.2. The lowest BCUT2D eigenvalue weighted by Crippen LogP contribution is -2.49. The van der Waals surface area contributed by atoms with Gasteiger partial charge >= 0.3 is 11.8 Å². The van der Waals surface area contributed by atoms with Crippen molar-refractivity contribution in [2.45, 2.75) is 13.0 Å². The molecule has 1 aliphatic rings. The molecule has 0 radical (unpaired) electrons. The summed E-state index contributed by atoms with van der Waals surface area (Å²) in [4.78, 5) is 22.6. The maximum absolute atomic E-state index is 12.5. The van der Waals surface area contributed by atoms with Gasteiger partial charge in [0.15, 0.2) is 0 Å². The Morgan fingerprint density at radius 1 is 1.16 bits per heavy atom. The van der Waals surface area contributed by atoms with Crippen molar-refractivity contribution in [2.24, 2.45) is 0 Å². The molecular formula is C17H24N6O2. The number of carbonyl (C=O) groups excluding carboxylic acids is 1. The van der Waals surface area contributed by atoms with Crippen molar-refractivity contribution in [1.82, 2.24) is 29.9 Å². The predicted molar refractivity (Wildman–Crippen MR) is 92.0 cm³/mol. The summed E-state index contributed by atoms with van der Waals surface area (Å²) in [6, 6.07) is 4.08. The third-order valence-corrected chi connectivity index (χ3v) is 4.23. The van der Waals surface area contributed by atoms with Crippen molar-refractivity contribution in [3.05, 3.63) is 41.9 Å². The molecule has 1 aliphatic heterocycles. The number of nitrogens with zero attached hydrogens (tertiary/aromatic N) is 6. The van der Waals surface area contributed by atoms with Crippen LogP contribution in [0.2, 0.25) is 0 Å². The van der Waals surface area contributed by atoms with Gasteiger partial charge in [0, 0.05) is 45.1 Å². The Balaban J connectivity index is 1.46. The van der Waals surface area contributed by atoms with Crippen LogP contribution < -0.4 is 0 Å². The molecule has 8 nitrogen and oxygen atoms in total. The molecule has 3 rings (SSSR count). The molecule has 2 aromatic heterocycles. The van der Waals surface area contributed by atoms with Gasteiger partial charge in [-0.3, -0.25) is 14.7 Å². The molecule has 134 valence electrons. The van der Waals surface area contributed by atoms with E-state index in [4.69, 9.17) is 4.42 Å². The SMILES string of the molecule is CN(C)Cc1nnc(C(=O)N2CCN(CCc3ccncc3)CC2)o1. The molecule has 0 aromatic carbocycles. The largest absolute Gasteiger partial charge is 0.415 e. The van der Waals surface area contributed by atoms with Crippen LogP contribution in [0.4, 0.5) is 0 Å². The average molecular weight is 344 g/mol. The molecular weight excluding hydrogens is 320 g/mol. The summed E-state index contributed by atoms with van der Waals surface area (Å²) in [7, 11) is 3.83. The lowest BCUT2D eigenvalue weighted by Gasteiger charge is -2.34. The summed E-state index contributed by atoms with van der Waals surface area (Å²) in [5.41, 5.74) is 1.28. The minimum absolute atomic E-state index is 0.0853. The van der Waals surface area contributed by atoms with E-state index in [9.17, 15) is 4.79 Å². The first-order chi connectivity index (χ1) is 12.1. The number of rotatable bonds is 6. The molecule has 8 heteroatoms. The summed E-state index contributed by atoms with van der Waals surface area (Å²) in [6.07, 6.45) is 4.63. The summed E-state index contributed by atoms with van der Waals surface area (Å²) in [6.45, 7) is 4.59. The Kier molecular flexibility index (Phi) is 5.72. The van der Waals surface area contributed by atoms with Crippen LogP contribution in [0, 0.1) is 0 Å². The van der Waals surface area contributed by atoms with E-state index < -0.39 is 0 Å². The minimum Gasteiger partial charge on any atom is -0.415 e. The second-order valence-electron chi connectivity index (χ2n) is 6.48. The van der Waals surface area contributed by atoms with Crippen molar-refractivity contribution >= 4 is 5.91 Å². The zero-order valence-electron chi connectivity index (χ0n) is 14.8. The first-order valence-electron chi connectivity index (χ1n) is 8.49. The number of pyridine rings is 1. The molecule has 0 saturated carbocycles. The van der Waals surface area contributed by atoms with Gasteiger partial charge < -0.3 is 14.2 Å². The topological polar surface area (TPSA) is 78.6 Å². The van der Waals surface area contributed by atoms with Gasteiger partial charge in [0.05, 0.1) is 6.54 Å². The van der Waals surface area contributed by atoms with Gasteiger partial charge in [-0.25, -0.2) is 0 Å². The van der Waals surface area contributed by atoms with Crippen molar-refractivity contribution in [2.75, 3.05) is 46.8 Å². The van der Waals surface area contributed by atoms with Crippen LogP contribution in [0.1, 0.15) is 22.1 Å². The van der Waals surface area contributed by atoms with Gasteiger partial charge in [-0.05, 0) is 38.2 Å².